The molecule has 1 saturated heterocycles. The van der Waals surface area contributed by atoms with Crippen LogP contribution in [0.3, 0.4) is 0 Å². The summed E-state index contributed by atoms with van der Waals surface area (Å²) in [4.78, 5) is 30.2. The quantitative estimate of drug-likeness (QED) is 0.534. The molecule has 2 unspecified atom stereocenters. The fourth-order valence-electron chi connectivity index (χ4n) is 4.38. The van der Waals surface area contributed by atoms with Crippen LogP contribution in [0.1, 0.15) is 30.2 Å². The van der Waals surface area contributed by atoms with Crippen molar-refractivity contribution >= 4 is 17.5 Å². The summed E-state index contributed by atoms with van der Waals surface area (Å²) < 4.78 is 16.0. The van der Waals surface area contributed by atoms with Crippen molar-refractivity contribution in [2.75, 3.05) is 26.2 Å². The zero-order valence-electron chi connectivity index (χ0n) is 19.1. The summed E-state index contributed by atoms with van der Waals surface area (Å²) in [6.45, 7) is 0.369. The van der Waals surface area contributed by atoms with Crippen molar-refractivity contribution < 1.29 is 23.5 Å². The molecule has 2 amide bonds. The average Bonchev–Trinajstić information content (AvgIpc) is 3.36. The normalized spacial score (nSPS) is 18.2. The van der Waals surface area contributed by atoms with Crippen LogP contribution in [0.2, 0.25) is 0 Å². The molecule has 1 fully saturated rings. The Labute approximate surface area is 193 Å². The van der Waals surface area contributed by atoms with Gasteiger partial charge in [0, 0.05) is 19.2 Å². The van der Waals surface area contributed by atoms with E-state index in [0.29, 0.717) is 30.9 Å². The van der Waals surface area contributed by atoms with Gasteiger partial charge in [-0.3, -0.25) is 9.59 Å². The topological polar surface area (TPSA) is 72.2 Å². The largest absolute Gasteiger partial charge is 0.497 e. The van der Waals surface area contributed by atoms with E-state index in [9.17, 15) is 9.59 Å². The Bertz CT molecular complexity index is 1080. The molecule has 0 saturated carbocycles. The number of furan rings is 1. The first-order chi connectivity index (χ1) is 16.0. The third-order valence-electron chi connectivity index (χ3n) is 6.07. The summed E-state index contributed by atoms with van der Waals surface area (Å²) in [5, 5.41) is 0. The van der Waals surface area contributed by atoms with E-state index in [0.717, 1.165) is 17.0 Å². The van der Waals surface area contributed by atoms with Gasteiger partial charge in [-0.15, -0.1) is 0 Å². The number of hydrogen-bond acceptors (Lipinski definition) is 5. The van der Waals surface area contributed by atoms with Crippen LogP contribution in [-0.4, -0.2) is 38.0 Å². The molecule has 1 aromatic heterocycles. The van der Waals surface area contributed by atoms with Gasteiger partial charge in [0.2, 0.25) is 11.8 Å². The Morgan fingerprint density at radius 3 is 2.24 bits per heavy atom. The lowest BCUT2D eigenvalue weighted by Gasteiger charge is -2.42. The van der Waals surface area contributed by atoms with Crippen molar-refractivity contribution in [3.05, 3.63) is 78.3 Å². The van der Waals surface area contributed by atoms with E-state index in [2.05, 4.69) is 0 Å². The zero-order valence-corrected chi connectivity index (χ0v) is 19.1. The fraction of sp³-hybridized carbons (Fsp3) is 0.308. The number of benzene rings is 2. The third kappa shape index (κ3) is 4.72. The second kappa shape index (κ2) is 9.81. The van der Waals surface area contributed by atoms with E-state index in [1.807, 2.05) is 54.6 Å². The third-order valence-corrected chi connectivity index (χ3v) is 6.07. The number of carbonyl (C=O) groups is 2. The predicted molar refractivity (Wildman–Crippen MR) is 124 cm³/mol. The first-order valence-corrected chi connectivity index (χ1v) is 10.9. The van der Waals surface area contributed by atoms with E-state index in [4.69, 9.17) is 13.9 Å². The minimum Gasteiger partial charge on any atom is -0.497 e. The van der Waals surface area contributed by atoms with Gasteiger partial charge in [-0.1, -0.05) is 12.1 Å². The summed E-state index contributed by atoms with van der Waals surface area (Å²) in [5.74, 6) is 1.69. The highest BCUT2D eigenvalue weighted by molar-refractivity contribution is 5.97. The van der Waals surface area contributed by atoms with E-state index >= 15 is 0 Å². The number of carbonyl (C=O) groups excluding carboxylic acids is 2. The number of methoxy groups -OCH3 is 2. The van der Waals surface area contributed by atoms with Crippen LogP contribution in [-0.2, 0) is 16.1 Å². The summed E-state index contributed by atoms with van der Waals surface area (Å²) in [6, 6.07) is 18.1. The summed E-state index contributed by atoms with van der Waals surface area (Å²) in [5.41, 5.74) is 1.61. The molecular formula is C26H28N2O5. The molecule has 2 aromatic carbocycles. The van der Waals surface area contributed by atoms with Crippen molar-refractivity contribution in [2.24, 2.45) is 5.92 Å². The maximum atomic E-state index is 13.6. The molecule has 0 aliphatic carbocycles. The highest BCUT2D eigenvalue weighted by atomic mass is 16.5. The van der Waals surface area contributed by atoms with Crippen molar-refractivity contribution in [3.8, 4) is 11.5 Å². The van der Waals surface area contributed by atoms with Crippen LogP contribution in [0.15, 0.2) is 71.3 Å². The molecular weight excluding hydrogens is 420 g/mol. The molecule has 0 spiro atoms. The van der Waals surface area contributed by atoms with Crippen LogP contribution in [0, 0.1) is 5.92 Å². The molecule has 2 heterocycles. The maximum Gasteiger partial charge on any atom is 0.228 e. The van der Waals surface area contributed by atoms with E-state index in [1.54, 1.807) is 43.4 Å². The summed E-state index contributed by atoms with van der Waals surface area (Å²) in [6.07, 6.45) is 2.37. The molecule has 0 radical (unpaired) electrons. The number of ether oxygens (including phenoxy) is 2. The molecule has 1 aliphatic heterocycles. The minimum absolute atomic E-state index is 0.0151. The first-order valence-electron chi connectivity index (χ1n) is 10.9. The molecule has 172 valence electrons. The number of amides is 2. The Hall–Kier alpha value is -3.74. The van der Waals surface area contributed by atoms with Gasteiger partial charge in [0.05, 0.1) is 39.0 Å². The lowest BCUT2D eigenvalue weighted by Crippen LogP contribution is -2.48. The molecule has 0 bridgehead atoms. The van der Waals surface area contributed by atoms with Gasteiger partial charge in [0.15, 0.2) is 0 Å². The second-order valence-corrected chi connectivity index (χ2v) is 8.10. The van der Waals surface area contributed by atoms with E-state index < -0.39 is 12.0 Å². The van der Waals surface area contributed by atoms with Crippen LogP contribution in [0.25, 0.3) is 0 Å². The van der Waals surface area contributed by atoms with Crippen molar-refractivity contribution in [2.45, 2.75) is 25.4 Å². The average molecular weight is 449 g/mol. The summed E-state index contributed by atoms with van der Waals surface area (Å²) in [7, 11) is 4.98. The van der Waals surface area contributed by atoms with Crippen molar-refractivity contribution in [1.82, 2.24) is 4.90 Å². The number of hydrogen-bond donors (Lipinski definition) is 0. The smallest absolute Gasteiger partial charge is 0.228 e. The minimum atomic E-state index is -0.447. The van der Waals surface area contributed by atoms with Crippen LogP contribution >= 0.6 is 0 Å². The molecule has 0 N–H and O–H groups in total. The molecule has 4 rings (SSSR count). The van der Waals surface area contributed by atoms with Gasteiger partial charge in [0.1, 0.15) is 17.3 Å². The molecule has 2 atom stereocenters. The van der Waals surface area contributed by atoms with Gasteiger partial charge >= 0.3 is 0 Å². The summed E-state index contributed by atoms with van der Waals surface area (Å²) >= 11 is 0. The molecule has 7 nitrogen and oxygen atoms in total. The monoisotopic (exact) mass is 448 g/mol. The van der Waals surface area contributed by atoms with Gasteiger partial charge in [-0.25, -0.2) is 0 Å². The van der Waals surface area contributed by atoms with Crippen molar-refractivity contribution in [1.29, 1.82) is 0 Å². The van der Waals surface area contributed by atoms with Crippen molar-refractivity contribution in [3.63, 3.8) is 0 Å². The molecule has 7 heteroatoms. The SMILES string of the molecule is COc1ccc(C2C(C(=O)N(C)Cc3ccco3)CCC(=O)N2c2ccc(OC)cc2)cc1. The van der Waals surface area contributed by atoms with Gasteiger partial charge in [-0.05, 0) is 60.5 Å². The Morgan fingerprint density at radius 1 is 1.03 bits per heavy atom. The first kappa shape index (κ1) is 22.5. The lowest BCUT2D eigenvalue weighted by atomic mass is 9.82. The predicted octanol–water partition coefficient (Wildman–Crippen LogP) is 4.44. The van der Waals surface area contributed by atoms with Gasteiger partial charge < -0.3 is 23.7 Å². The van der Waals surface area contributed by atoms with Crippen LogP contribution in [0.4, 0.5) is 5.69 Å². The van der Waals surface area contributed by atoms with E-state index in [1.165, 1.54) is 0 Å². The van der Waals surface area contributed by atoms with Crippen LogP contribution in [0.5, 0.6) is 11.5 Å². The highest BCUT2D eigenvalue weighted by Gasteiger charge is 2.42. The maximum absolute atomic E-state index is 13.6. The Balaban J connectivity index is 1.71. The van der Waals surface area contributed by atoms with E-state index in [-0.39, 0.29) is 11.8 Å². The highest BCUT2D eigenvalue weighted by Crippen LogP contribution is 2.41. The fourth-order valence-corrected chi connectivity index (χ4v) is 4.38. The number of rotatable bonds is 7. The molecule has 3 aromatic rings. The Kier molecular flexibility index (Phi) is 6.68. The molecule has 1 aliphatic rings. The lowest BCUT2D eigenvalue weighted by molar-refractivity contribution is -0.138. The number of anilines is 1. The second-order valence-electron chi connectivity index (χ2n) is 8.10. The standard InChI is InChI=1S/C26H28N2O5/c1-27(17-22-5-4-16-33-22)26(30)23-14-15-24(29)28(19-8-12-21(32-3)13-9-19)25(23)18-6-10-20(31-2)11-7-18/h4-13,16,23,25H,14-15,17H2,1-3H3. The molecule has 33 heavy (non-hydrogen) atoms. The number of piperidine rings is 1. The zero-order chi connectivity index (χ0) is 23.4. The van der Waals surface area contributed by atoms with Gasteiger partial charge in [0.25, 0.3) is 0 Å². The van der Waals surface area contributed by atoms with Gasteiger partial charge in [-0.2, -0.15) is 0 Å². The Morgan fingerprint density at radius 2 is 1.67 bits per heavy atom. The van der Waals surface area contributed by atoms with Crippen LogP contribution < -0.4 is 14.4 Å². The number of nitrogens with zero attached hydrogens (tertiary/aromatic N) is 2.